The molecule has 1 aliphatic carbocycles. The van der Waals surface area contributed by atoms with Crippen LogP contribution >= 0.6 is 0 Å². The van der Waals surface area contributed by atoms with Crippen LogP contribution < -0.4 is 5.32 Å². The van der Waals surface area contributed by atoms with E-state index in [2.05, 4.69) is 11.4 Å². The van der Waals surface area contributed by atoms with E-state index < -0.39 is 0 Å². The lowest BCUT2D eigenvalue weighted by Crippen LogP contribution is -2.15. The summed E-state index contributed by atoms with van der Waals surface area (Å²) >= 11 is 0. The standard InChI is InChI=1S/C13H19NO/c1-2-5-12(6-3-1)8-9-14-11-13-7-4-10-15-13/h4-5,7,10,14H,1-3,6,8-9,11H2. The van der Waals surface area contributed by atoms with Crippen molar-refractivity contribution in [2.75, 3.05) is 6.54 Å². The lowest BCUT2D eigenvalue weighted by atomic mass is 9.97. The van der Waals surface area contributed by atoms with E-state index in [1.165, 1.54) is 32.1 Å². The van der Waals surface area contributed by atoms with E-state index in [-0.39, 0.29) is 0 Å². The summed E-state index contributed by atoms with van der Waals surface area (Å²) in [6, 6.07) is 3.94. The molecule has 1 aromatic heterocycles. The fraction of sp³-hybridized carbons (Fsp3) is 0.538. The zero-order valence-corrected chi connectivity index (χ0v) is 9.17. The van der Waals surface area contributed by atoms with E-state index >= 15 is 0 Å². The van der Waals surface area contributed by atoms with E-state index in [0.717, 1.165) is 18.8 Å². The van der Waals surface area contributed by atoms with Gasteiger partial charge >= 0.3 is 0 Å². The summed E-state index contributed by atoms with van der Waals surface area (Å²) in [5, 5.41) is 3.40. The van der Waals surface area contributed by atoms with Gasteiger partial charge in [-0.25, -0.2) is 0 Å². The molecule has 0 amide bonds. The van der Waals surface area contributed by atoms with Crippen LogP contribution in [-0.4, -0.2) is 6.54 Å². The van der Waals surface area contributed by atoms with Crippen LogP contribution in [0.1, 0.15) is 37.9 Å². The third-order valence-corrected chi connectivity index (χ3v) is 2.89. The van der Waals surface area contributed by atoms with Gasteiger partial charge in [0, 0.05) is 0 Å². The summed E-state index contributed by atoms with van der Waals surface area (Å²) in [6.07, 6.45) is 10.7. The van der Waals surface area contributed by atoms with E-state index in [0.29, 0.717) is 0 Å². The van der Waals surface area contributed by atoms with Crippen molar-refractivity contribution >= 4 is 0 Å². The van der Waals surface area contributed by atoms with Crippen molar-refractivity contribution < 1.29 is 4.42 Å². The van der Waals surface area contributed by atoms with Crippen LogP contribution in [0.5, 0.6) is 0 Å². The topological polar surface area (TPSA) is 25.2 Å². The van der Waals surface area contributed by atoms with Crippen LogP contribution in [0.15, 0.2) is 34.5 Å². The van der Waals surface area contributed by atoms with E-state index in [1.54, 1.807) is 11.8 Å². The first-order valence-corrected chi connectivity index (χ1v) is 5.86. The van der Waals surface area contributed by atoms with Crippen molar-refractivity contribution in [1.82, 2.24) is 5.32 Å². The number of nitrogens with one attached hydrogen (secondary N) is 1. The molecule has 2 rings (SSSR count). The normalized spacial score (nSPS) is 16.4. The predicted molar refractivity (Wildman–Crippen MR) is 61.6 cm³/mol. The van der Waals surface area contributed by atoms with Crippen LogP contribution in [0.25, 0.3) is 0 Å². The Morgan fingerprint density at radius 3 is 3.07 bits per heavy atom. The molecule has 0 aliphatic heterocycles. The molecule has 0 atom stereocenters. The predicted octanol–water partition coefficient (Wildman–Crippen LogP) is 3.26. The number of hydrogen-bond acceptors (Lipinski definition) is 2. The van der Waals surface area contributed by atoms with Crippen LogP contribution in [0, 0.1) is 0 Å². The van der Waals surface area contributed by atoms with E-state index in [9.17, 15) is 0 Å². The molecule has 0 spiro atoms. The molecule has 2 nitrogen and oxygen atoms in total. The van der Waals surface area contributed by atoms with Crippen molar-refractivity contribution in [3.63, 3.8) is 0 Å². The van der Waals surface area contributed by atoms with Crippen LogP contribution in [0.2, 0.25) is 0 Å². The lowest BCUT2D eigenvalue weighted by Gasteiger charge is -2.12. The van der Waals surface area contributed by atoms with Crippen molar-refractivity contribution in [1.29, 1.82) is 0 Å². The van der Waals surface area contributed by atoms with Crippen LogP contribution in [-0.2, 0) is 6.54 Å². The number of furan rings is 1. The molecule has 1 heterocycles. The van der Waals surface area contributed by atoms with Gasteiger partial charge in [0.2, 0.25) is 0 Å². The van der Waals surface area contributed by atoms with Gasteiger partial charge in [0.05, 0.1) is 12.8 Å². The summed E-state index contributed by atoms with van der Waals surface area (Å²) in [5.41, 5.74) is 1.63. The molecule has 2 heteroatoms. The molecule has 0 aromatic carbocycles. The molecule has 0 saturated carbocycles. The Bertz CT molecular complexity index is 300. The zero-order valence-electron chi connectivity index (χ0n) is 9.17. The second-order valence-corrected chi connectivity index (χ2v) is 4.11. The molecule has 82 valence electrons. The Labute approximate surface area is 91.4 Å². The summed E-state index contributed by atoms with van der Waals surface area (Å²) in [4.78, 5) is 0. The van der Waals surface area contributed by atoms with Crippen LogP contribution in [0.3, 0.4) is 0 Å². The molecule has 0 bridgehead atoms. The minimum atomic E-state index is 0.848. The third-order valence-electron chi connectivity index (χ3n) is 2.89. The first-order chi connectivity index (χ1) is 7.45. The van der Waals surface area contributed by atoms with Gasteiger partial charge in [0.15, 0.2) is 0 Å². The quantitative estimate of drug-likeness (QED) is 0.589. The fourth-order valence-corrected chi connectivity index (χ4v) is 2.01. The van der Waals surface area contributed by atoms with Gasteiger partial charge in [-0.15, -0.1) is 0 Å². The average molecular weight is 205 g/mol. The molecule has 0 radical (unpaired) electrons. The van der Waals surface area contributed by atoms with Gasteiger partial charge in [0.25, 0.3) is 0 Å². The Balaban J connectivity index is 1.60. The van der Waals surface area contributed by atoms with Crippen LogP contribution in [0.4, 0.5) is 0 Å². The minimum absolute atomic E-state index is 0.848. The van der Waals surface area contributed by atoms with Gasteiger partial charge in [-0.3, -0.25) is 0 Å². The second kappa shape index (κ2) is 5.76. The SMILES string of the molecule is C1=C(CCNCc2ccco2)CCCC1. The fourth-order valence-electron chi connectivity index (χ4n) is 2.01. The molecule has 0 saturated heterocycles. The molecule has 15 heavy (non-hydrogen) atoms. The highest BCUT2D eigenvalue weighted by atomic mass is 16.3. The van der Waals surface area contributed by atoms with E-state index in [1.807, 2.05) is 12.1 Å². The first-order valence-electron chi connectivity index (χ1n) is 5.86. The Morgan fingerprint density at radius 1 is 1.33 bits per heavy atom. The highest BCUT2D eigenvalue weighted by molar-refractivity contribution is 5.05. The van der Waals surface area contributed by atoms with Gasteiger partial charge in [-0.1, -0.05) is 11.6 Å². The highest BCUT2D eigenvalue weighted by Gasteiger charge is 2.02. The maximum absolute atomic E-state index is 5.25. The summed E-state index contributed by atoms with van der Waals surface area (Å²) in [5.74, 6) is 1.02. The zero-order chi connectivity index (χ0) is 10.3. The van der Waals surface area contributed by atoms with Crippen molar-refractivity contribution in [2.45, 2.75) is 38.6 Å². The highest BCUT2D eigenvalue weighted by Crippen LogP contribution is 2.19. The average Bonchev–Trinajstić information content (AvgIpc) is 2.79. The van der Waals surface area contributed by atoms with E-state index in [4.69, 9.17) is 4.42 Å². The number of hydrogen-bond donors (Lipinski definition) is 1. The van der Waals surface area contributed by atoms with Gasteiger partial charge in [-0.05, 0) is 50.8 Å². The largest absolute Gasteiger partial charge is 0.468 e. The maximum Gasteiger partial charge on any atom is 0.117 e. The summed E-state index contributed by atoms with van der Waals surface area (Å²) in [7, 11) is 0. The van der Waals surface area contributed by atoms with Crippen molar-refractivity contribution in [2.24, 2.45) is 0 Å². The molecular formula is C13H19NO. The number of allylic oxidation sites excluding steroid dienone is 1. The minimum Gasteiger partial charge on any atom is -0.468 e. The van der Waals surface area contributed by atoms with Gasteiger partial charge in [-0.2, -0.15) is 0 Å². The van der Waals surface area contributed by atoms with Gasteiger partial charge < -0.3 is 9.73 Å². The molecular weight excluding hydrogens is 186 g/mol. The Morgan fingerprint density at radius 2 is 2.33 bits per heavy atom. The van der Waals surface area contributed by atoms with Gasteiger partial charge in [0.1, 0.15) is 5.76 Å². The first kappa shape index (κ1) is 10.5. The third kappa shape index (κ3) is 3.56. The van der Waals surface area contributed by atoms with Crippen molar-refractivity contribution in [3.05, 3.63) is 35.8 Å². The molecule has 0 unspecified atom stereocenters. The molecule has 1 aliphatic rings. The smallest absolute Gasteiger partial charge is 0.117 e. The maximum atomic E-state index is 5.25. The number of rotatable bonds is 5. The second-order valence-electron chi connectivity index (χ2n) is 4.11. The Hall–Kier alpha value is -1.02. The van der Waals surface area contributed by atoms with Crippen molar-refractivity contribution in [3.8, 4) is 0 Å². The summed E-state index contributed by atoms with van der Waals surface area (Å²) in [6.45, 7) is 1.91. The summed E-state index contributed by atoms with van der Waals surface area (Å²) < 4.78 is 5.25. The molecule has 0 fully saturated rings. The lowest BCUT2D eigenvalue weighted by molar-refractivity contribution is 0.483. The molecule has 1 N–H and O–H groups in total. The monoisotopic (exact) mass is 205 g/mol. The Kier molecular flexibility index (Phi) is 4.03. The molecule has 1 aromatic rings.